The maximum atomic E-state index is 12.5. The Balaban J connectivity index is 1.63. The summed E-state index contributed by atoms with van der Waals surface area (Å²) >= 11 is 0. The normalized spacial score (nSPS) is 14.5. The van der Waals surface area contributed by atoms with Crippen LogP contribution in [0.2, 0.25) is 0 Å². The van der Waals surface area contributed by atoms with E-state index < -0.39 is 0 Å². The van der Waals surface area contributed by atoms with Crippen molar-refractivity contribution in [1.82, 2.24) is 9.80 Å². The Morgan fingerprint density at radius 1 is 0.960 bits per heavy atom. The van der Waals surface area contributed by atoms with Gasteiger partial charge < -0.3 is 4.90 Å². The van der Waals surface area contributed by atoms with Gasteiger partial charge in [-0.25, -0.2) is 0 Å². The third-order valence-corrected chi connectivity index (χ3v) is 4.54. The lowest BCUT2D eigenvalue weighted by Gasteiger charge is -2.24. The molecule has 0 radical (unpaired) electrons. The fraction of sp³-hybridized carbons (Fsp3) is 0.318. The zero-order valence-corrected chi connectivity index (χ0v) is 14.7. The third-order valence-electron chi connectivity index (χ3n) is 4.54. The van der Waals surface area contributed by atoms with Gasteiger partial charge in [0.1, 0.15) is 0 Å². The van der Waals surface area contributed by atoms with Crippen LogP contribution in [0.5, 0.6) is 0 Å². The van der Waals surface area contributed by atoms with Crippen LogP contribution in [-0.2, 0) is 11.3 Å². The highest BCUT2D eigenvalue weighted by atomic mass is 16.2. The van der Waals surface area contributed by atoms with Crippen molar-refractivity contribution in [2.75, 3.05) is 26.2 Å². The summed E-state index contributed by atoms with van der Waals surface area (Å²) in [5, 5.41) is 0. The van der Waals surface area contributed by atoms with E-state index in [1.54, 1.807) is 0 Å². The summed E-state index contributed by atoms with van der Waals surface area (Å²) in [5.74, 6) is 0.251. The first kappa shape index (κ1) is 17.4. The molecule has 0 unspecified atom stereocenters. The SMILES string of the molecule is O=C(CN(C/C=C/c1ccccc1)Cc1ccccc1)N1CCCC1. The Bertz CT molecular complexity index is 676. The molecule has 2 aromatic rings. The van der Waals surface area contributed by atoms with Crippen molar-refractivity contribution in [3.8, 4) is 0 Å². The van der Waals surface area contributed by atoms with Gasteiger partial charge >= 0.3 is 0 Å². The molecular weight excluding hydrogens is 308 g/mol. The Labute approximate surface area is 150 Å². The molecule has 1 aliphatic rings. The summed E-state index contributed by atoms with van der Waals surface area (Å²) in [5.41, 5.74) is 2.43. The Hall–Kier alpha value is -2.39. The molecule has 1 saturated heterocycles. The average Bonchev–Trinajstić information content (AvgIpc) is 3.18. The van der Waals surface area contributed by atoms with Crippen LogP contribution in [0.1, 0.15) is 24.0 Å². The molecule has 2 aromatic carbocycles. The van der Waals surface area contributed by atoms with Crippen LogP contribution < -0.4 is 0 Å². The van der Waals surface area contributed by atoms with Crippen molar-refractivity contribution in [3.05, 3.63) is 77.9 Å². The monoisotopic (exact) mass is 334 g/mol. The molecule has 0 bridgehead atoms. The molecule has 3 heteroatoms. The zero-order chi connectivity index (χ0) is 17.3. The van der Waals surface area contributed by atoms with Crippen LogP contribution in [0.4, 0.5) is 0 Å². The average molecular weight is 334 g/mol. The van der Waals surface area contributed by atoms with Crippen LogP contribution in [0.25, 0.3) is 6.08 Å². The highest BCUT2D eigenvalue weighted by molar-refractivity contribution is 5.78. The fourth-order valence-corrected chi connectivity index (χ4v) is 3.19. The number of hydrogen-bond acceptors (Lipinski definition) is 2. The van der Waals surface area contributed by atoms with Crippen LogP contribution in [0.3, 0.4) is 0 Å². The molecule has 0 atom stereocenters. The minimum Gasteiger partial charge on any atom is -0.342 e. The van der Waals surface area contributed by atoms with Crippen molar-refractivity contribution in [3.63, 3.8) is 0 Å². The minimum absolute atomic E-state index is 0.251. The number of rotatable bonds is 7. The second-order valence-corrected chi connectivity index (χ2v) is 6.56. The maximum Gasteiger partial charge on any atom is 0.236 e. The van der Waals surface area contributed by atoms with E-state index in [0.717, 1.165) is 39.0 Å². The Kier molecular flexibility index (Phi) is 6.41. The van der Waals surface area contributed by atoms with E-state index in [1.165, 1.54) is 11.1 Å². The first-order chi connectivity index (χ1) is 12.3. The molecule has 25 heavy (non-hydrogen) atoms. The van der Waals surface area contributed by atoms with E-state index in [9.17, 15) is 4.79 Å². The molecule has 0 saturated carbocycles. The molecule has 1 amide bonds. The Morgan fingerprint density at radius 3 is 2.28 bits per heavy atom. The Morgan fingerprint density at radius 2 is 1.60 bits per heavy atom. The van der Waals surface area contributed by atoms with Crippen LogP contribution in [0, 0.1) is 0 Å². The number of carbonyl (C=O) groups is 1. The van der Waals surface area contributed by atoms with Gasteiger partial charge in [0, 0.05) is 26.2 Å². The zero-order valence-electron chi connectivity index (χ0n) is 14.7. The van der Waals surface area contributed by atoms with Gasteiger partial charge in [-0.2, -0.15) is 0 Å². The molecular formula is C22H26N2O. The molecule has 0 spiro atoms. The molecule has 3 nitrogen and oxygen atoms in total. The van der Waals surface area contributed by atoms with E-state index in [0.29, 0.717) is 6.54 Å². The minimum atomic E-state index is 0.251. The van der Waals surface area contributed by atoms with Gasteiger partial charge in [0.2, 0.25) is 5.91 Å². The van der Waals surface area contributed by atoms with Crippen molar-refractivity contribution < 1.29 is 4.79 Å². The van der Waals surface area contributed by atoms with Crippen molar-refractivity contribution in [1.29, 1.82) is 0 Å². The van der Waals surface area contributed by atoms with E-state index in [2.05, 4.69) is 53.5 Å². The molecule has 3 rings (SSSR count). The van der Waals surface area contributed by atoms with Crippen LogP contribution >= 0.6 is 0 Å². The summed E-state index contributed by atoms with van der Waals surface area (Å²) in [7, 11) is 0. The number of benzene rings is 2. The van der Waals surface area contributed by atoms with Gasteiger partial charge in [-0.15, -0.1) is 0 Å². The van der Waals surface area contributed by atoms with E-state index in [-0.39, 0.29) is 5.91 Å². The number of amides is 1. The van der Waals surface area contributed by atoms with Gasteiger partial charge in [-0.3, -0.25) is 9.69 Å². The van der Waals surface area contributed by atoms with Gasteiger partial charge in [-0.1, -0.05) is 72.8 Å². The number of likely N-dealkylation sites (tertiary alicyclic amines) is 1. The lowest BCUT2D eigenvalue weighted by Crippen LogP contribution is -2.38. The van der Waals surface area contributed by atoms with E-state index in [1.807, 2.05) is 29.2 Å². The molecule has 1 fully saturated rings. The van der Waals surface area contributed by atoms with Crippen LogP contribution in [-0.4, -0.2) is 41.9 Å². The van der Waals surface area contributed by atoms with Gasteiger partial charge in [0.25, 0.3) is 0 Å². The third kappa shape index (κ3) is 5.57. The summed E-state index contributed by atoms with van der Waals surface area (Å²) < 4.78 is 0. The lowest BCUT2D eigenvalue weighted by atomic mass is 10.2. The van der Waals surface area contributed by atoms with Crippen molar-refractivity contribution in [2.24, 2.45) is 0 Å². The second kappa shape index (κ2) is 9.19. The van der Waals surface area contributed by atoms with Crippen molar-refractivity contribution in [2.45, 2.75) is 19.4 Å². The summed E-state index contributed by atoms with van der Waals surface area (Å²) in [6.45, 7) is 3.87. The highest BCUT2D eigenvalue weighted by Gasteiger charge is 2.20. The van der Waals surface area contributed by atoms with Gasteiger partial charge in [0.15, 0.2) is 0 Å². The smallest absolute Gasteiger partial charge is 0.236 e. The van der Waals surface area contributed by atoms with Crippen molar-refractivity contribution >= 4 is 12.0 Å². The number of carbonyl (C=O) groups excluding carboxylic acids is 1. The molecule has 0 N–H and O–H groups in total. The maximum absolute atomic E-state index is 12.5. The number of hydrogen-bond donors (Lipinski definition) is 0. The van der Waals surface area contributed by atoms with Gasteiger partial charge in [0.05, 0.1) is 6.54 Å². The van der Waals surface area contributed by atoms with Gasteiger partial charge in [-0.05, 0) is 24.0 Å². The summed E-state index contributed by atoms with van der Waals surface area (Å²) in [6, 6.07) is 20.7. The second-order valence-electron chi connectivity index (χ2n) is 6.56. The summed E-state index contributed by atoms with van der Waals surface area (Å²) in [6.07, 6.45) is 6.55. The largest absolute Gasteiger partial charge is 0.342 e. The predicted octanol–water partition coefficient (Wildman–Crippen LogP) is 3.82. The summed E-state index contributed by atoms with van der Waals surface area (Å²) in [4.78, 5) is 16.8. The first-order valence-corrected chi connectivity index (χ1v) is 9.07. The molecule has 0 aliphatic carbocycles. The molecule has 1 aliphatic heterocycles. The van der Waals surface area contributed by atoms with E-state index in [4.69, 9.17) is 0 Å². The van der Waals surface area contributed by atoms with Crippen LogP contribution in [0.15, 0.2) is 66.7 Å². The molecule has 130 valence electrons. The molecule has 1 heterocycles. The fourth-order valence-electron chi connectivity index (χ4n) is 3.19. The quantitative estimate of drug-likeness (QED) is 0.768. The topological polar surface area (TPSA) is 23.6 Å². The highest BCUT2D eigenvalue weighted by Crippen LogP contribution is 2.10. The number of nitrogens with zero attached hydrogens (tertiary/aromatic N) is 2. The molecule has 0 aromatic heterocycles. The van der Waals surface area contributed by atoms with E-state index >= 15 is 0 Å². The lowest BCUT2D eigenvalue weighted by molar-refractivity contribution is -0.131. The first-order valence-electron chi connectivity index (χ1n) is 9.07. The standard InChI is InChI=1S/C22H26N2O/c25-22(24-16-7-8-17-24)19-23(18-21-12-5-2-6-13-21)15-9-14-20-10-3-1-4-11-20/h1-6,9-14H,7-8,15-19H2/b14-9+. The predicted molar refractivity (Wildman–Crippen MR) is 103 cm³/mol.